The van der Waals surface area contributed by atoms with E-state index in [1.54, 1.807) is 10.7 Å². The van der Waals surface area contributed by atoms with Gasteiger partial charge in [0, 0.05) is 13.6 Å². The fraction of sp³-hybridized carbons (Fsp3) is 0.450. The van der Waals surface area contributed by atoms with Gasteiger partial charge < -0.3 is 9.88 Å². The number of hydrogen-bond donors (Lipinski definition) is 1. The van der Waals surface area contributed by atoms with Crippen molar-refractivity contribution in [3.8, 4) is 0 Å². The Kier molecular flexibility index (Phi) is 4.45. The van der Waals surface area contributed by atoms with E-state index in [1.807, 2.05) is 18.0 Å². The van der Waals surface area contributed by atoms with Crippen LogP contribution in [-0.4, -0.2) is 37.1 Å². The Balaban J connectivity index is 1.62. The molecule has 1 aliphatic heterocycles. The van der Waals surface area contributed by atoms with Gasteiger partial charge >= 0.3 is 0 Å². The smallest absolute Gasteiger partial charge is 0.272 e. The van der Waals surface area contributed by atoms with E-state index in [0.717, 1.165) is 25.0 Å². The highest BCUT2D eigenvalue weighted by Gasteiger charge is 2.34. The number of likely N-dealkylation sites (tertiary alicyclic amines) is 1. The Hall–Kier alpha value is -2.70. The van der Waals surface area contributed by atoms with Crippen molar-refractivity contribution in [2.45, 2.75) is 39.2 Å². The van der Waals surface area contributed by atoms with Crippen LogP contribution in [0.2, 0.25) is 0 Å². The van der Waals surface area contributed by atoms with Crippen LogP contribution in [0.5, 0.6) is 0 Å². The highest BCUT2D eigenvalue weighted by atomic mass is 19.1. The van der Waals surface area contributed by atoms with E-state index in [-0.39, 0.29) is 17.8 Å². The van der Waals surface area contributed by atoms with Crippen LogP contribution in [0, 0.1) is 11.7 Å². The molecule has 6 nitrogen and oxygen atoms in total. The van der Waals surface area contributed by atoms with E-state index in [2.05, 4.69) is 28.9 Å². The molecular formula is C20H24FN5O. The third-order valence-electron chi connectivity index (χ3n) is 5.06. The number of nitrogens with one attached hydrogen (secondary N) is 1. The fourth-order valence-electron chi connectivity index (χ4n) is 3.85. The van der Waals surface area contributed by atoms with Gasteiger partial charge in [-0.05, 0) is 49.4 Å². The topological polar surface area (TPSA) is 66.8 Å². The van der Waals surface area contributed by atoms with Crippen LogP contribution < -0.4 is 0 Å². The standard InChI is InChI=1S/C20H24FN5O/c1-12(2)9-14-11-18(25(3)24-14)20(27)26-8-4-5-17(26)19-22-15-7-6-13(21)10-16(15)23-19/h6-7,10-12,17H,4-5,8-9H2,1-3H3,(H,22,23)/t17-/m0/s1. The number of H-pyrrole nitrogens is 1. The molecule has 1 N–H and O–H groups in total. The summed E-state index contributed by atoms with van der Waals surface area (Å²) in [6.45, 7) is 4.95. The molecule has 27 heavy (non-hydrogen) atoms. The third kappa shape index (κ3) is 3.34. The Morgan fingerprint density at radius 2 is 2.19 bits per heavy atom. The van der Waals surface area contributed by atoms with Crippen molar-refractivity contribution >= 4 is 16.9 Å². The number of halogens is 1. The molecule has 3 heterocycles. The number of fused-ring (bicyclic) bond motifs is 1. The number of amides is 1. The lowest BCUT2D eigenvalue weighted by Crippen LogP contribution is -2.32. The second kappa shape index (κ2) is 6.79. The zero-order valence-corrected chi connectivity index (χ0v) is 15.9. The van der Waals surface area contributed by atoms with E-state index in [9.17, 15) is 9.18 Å². The van der Waals surface area contributed by atoms with Gasteiger partial charge in [0.25, 0.3) is 5.91 Å². The summed E-state index contributed by atoms with van der Waals surface area (Å²) in [6, 6.07) is 6.26. The van der Waals surface area contributed by atoms with Gasteiger partial charge in [-0.1, -0.05) is 13.8 Å². The van der Waals surface area contributed by atoms with E-state index >= 15 is 0 Å². The van der Waals surface area contributed by atoms with Gasteiger partial charge in [0.1, 0.15) is 17.3 Å². The molecule has 0 saturated carbocycles. The molecule has 1 amide bonds. The minimum Gasteiger partial charge on any atom is -0.340 e. The van der Waals surface area contributed by atoms with Crippen molar-refractivity contribution in [1.29, 1.82) is 0 Å². The van der Waals surface area contributed by atoms with Gasteiger partial charge in [-0.25, -0.2) is 9.37 Å². The predicted octanol–water partition coefficient (Wildman–Crippen LogP) is 3.61. The summed E-state index contributed by atoms with van der Waals surface area (Å²) in [5.41, 5.74) is 2.90. The van der Waals surface area contributed by atoms with Gasteiger partial charge in [0.05, 0.1) is 22.8 Å². The summed E-state index contributed by atoms with van der Waals surface area (Å²) in [6.07, 6.45) is 2.60. The number of aromatic nitrogens is 4. The van der Waals surface area contributed by atoms with E-state index in [0.29, 0.717) is 35.0 Å². The Morgan fingerprint density at radius 1 is 1.37 bits per heavy atom. The molecule has 0 bridgehead atoms. The molecule has 1 saturated heterocycles. The minimum atomic E-state index is -0.301. The number of aryl methyl sites for hydroxylation is 1. The SMILES string of the molecule is CC(C)Cc1cc(C(=O)N2CCC[C@H]2c2nc3ccc(F)cc3[nH]2)n(C)n1. The van der Waals surface area contributed by atoms with Crippen molar-refractivity contribution in [1.82, 2.24) is 24.6 Å². The van der Waals surface area contributed by atoms with Crippen LogP contribution in [0.1, 0.15) is 54.7 Å². The van der Waals surface area contributed by atoms with Gasteiger partial charge in [0.2, 0.25) is 0 Å². The highest BCUT2D eigenvalue weighted by molar-refractivity contribution is 5.93. The maximum Gasteiger partial charge on any atom is 0.272 e. The molecule has 7 heteroatoms. The van der Waals surface area contributed by atoms with E-state index in [1.165, 1.54) is 12.1 Å². The monoisotopic (exact) mass is 369 g/mol. The Labute approximate surface area is 157 Å². The van der Waals surface area contributed by atoms with Crippen LogP contribution in [0.4, 0.5) is 4.39 Å². The molecule has 3 aromatic rings. The zero-order chi connectivity index (χ0) is 19.1. The Bertz CT molecular complexity index is 990. The lowest BCUT2D eigenvalue weighted by Gasteiger charge is -2.23. The number of hydrogen-bond acceptors (Lipinski definition) is 3. The van der Waals surface area contributed by atoms with Gasteiger partial charge in [-0.15, -0.1) is 0 Å². The molecule has 0 unspecified atom stereocenters. The molecular weight excluding hydrogens is 345 g/mol. The number of carbonyl (C=O) groups is 1. The van der Waals surface area contributed by atoms with Crippen molar-refractivity contribution in [3.05, 3.63) is 47.3 Å². The first kappa shape index (κ1) is 17.7. The van der Waals surface area contributed by atoms with Crippen LogP contribution >= 0.6 is 0 Å². The Morgan fingerprint density at radius 3 is 2.96 bits per heavy atom. The zero-order valence-electron chi connectivity index (χ0n) is 15.9. The third-order valence-corrected chi connectivity index (χ3v) is 5.06. The average molecular weight is 369 g/mol. The molecule has 0 aliphatic carbocycles. The van der Waals surface area contributed by atoms with Gasteiger partial charge in [0.15, 0.2) is 0 Å². The number of nitrogens with zero attached hydrogens (tertiary/aromatic N) is 4. The predicted molar refractivity (Wildman–Crippen MR) is 101 cm³/mol. The first-order valence-corrected chi connectivity index (χ1v) is 9.41. The average Bonchev–Trinajstić information content (AvgIpc) is 3.30. The van der Waals surface area contributed by atoms with Crippen molar-refractivity contribution in [2.24, 2.45) is 13.0 Å². The summed E-state index contributed by atoms with van der Waals surface area (Å²) in [4.78, 5) is 22.8. The molecule has 0 radical (unpaired) electrons. The lowest BCUT2D eigenvalue weighted by molar-refractivity contribution is 0.0719. The van der Waals surface area contributed by atoms with Crippen molar-refractivity contribution in [2.75, 3.05) is 6.54 Å². The molecule has 1 atom stereocenters. The summed E-state index contributed by atoms with van der Waals surface area (Å²) in [7, 11) is 1.81. The molecule has 142 valence electrons. The van der Waals surface area contributed by atoms with Gasteiger partial charge in [-0.3, -0.25) is 9.48 Å². The molecule has 1 fully saturated rings. The number of carbonyl (C=O) groups excluding carboxylic acids is 1. The van der Waals surface area contributed by atoms with Crippen LogP contribution in [0.3, 0.4) is 0 Å². The number of aromatic amines is 1. The summed E-state index contributed by atoms with van der Waals surface area (Å²) >= 11 is 0. The minimum absolute atomic E-state index is 0.0332. The molecule has 4 rings (SSSR count). The maximum absolute atomic E-state index is 13.5. The van der Waals surface area contributed by atoms with E-state index < -0.39 is 0 Å². The highest BCUT2D eigenvalue weighted by Crippen LogP contribution is 2.33. The van der Waals surface area contributed by atoms with Crippen molar-refractivity contribution in [3.63, 3.8) is 0 Å². The summed E-state index contributed by atoms with van der Waals surface area (Å²) in [5.74, 6) is 0.864. The molecule has 0 spiro atoms. The van der Waals surface area contributed by atoms with Crippen molar-refractivity contribution < 1.29 is 9.18 Å². The quantitative estimate of drug-likeness (QED) is 0.764. The molecule has 1 aromatic carbocycles. The molecule has 1 aliphatic rings. The van der Waals surface area contributed by atoms with Crippen LogP contribution in [-0.2, 0) is 13.5 Å². The second-order valence-corrected chi connectivity index (χ2v) is 7.68. The van der Waals surface area contributed by atoms with E-state index in [4.69, 9.17) is 0 Å². The van der Waals surface area contributed by atoms with Crippen LogP contribution in [0.25, 0.3) is 11.0 Å². The lowest BCUT2D eigenvalue weighted by atomic mass is 10.1. The largest absolute Gasteiger partial charge is 0.340 e. The van der Waals surface area contributed by atoms with Crippen LogP contribution in [0.15, 0.2) is 24.3 Å². The summed E-state index contributed by atoms with van der Waals surface area (Å²) in [5, 5.41) is 4.49. The number of benzene rings is 1. The fourth-order valence-corrected chi connectivity index (χ4v) is 3.85. The first-order valence-electron chi connectivity index (χ1n) is 9.41. The second-order valence-electron chi connectivity index (χ2n) is 7.68. The maximum atomic E-state index is 13.5. The summed E-state index contributed by atoms with van der Waals surface area (Å²) < 4.78 is 15.1. The molecule has 2 aromatic heterocycles. The number of rotatable bonds is 4. The van der Waals surface area contributed by atoms with Gasteiger partial charge in [-0.2, -0.15) is 5.10 Å². The normalized spacial score (nSPS) is 17.4. The first-order chi connectivity index (χ1) is 12.9. The number of imidazole rings is 1.